The molecule has 0 atom stereocenters. The Morgan fingerprint density at radius 3 is 3.10 bits per heavy atom. The molecule has 0 amide bonds. The van der Waals surface area contributed by atoms with Crippen LogP contribution in [-0.4, -0.2) is 36.1 Å². The number of esters is 1. The summed E-state index contributed by atoms with van der Waals surface area (Å²) in [5.41, 5.74) is 3.06. The lowest BCUT2D eigenvalue weighted by atomic mass is 10.1. The third-order valence-electron chi connectivity index (χ3n) is 3.72. The summed E-state index contributed by atoms with van der Waals surface area (Å²) in [4.78, 5) is 17.0. The molecular formula is C17H18N2O2. The van der Waals surface area contributed by atoms with E-state index in [-0.39, 0.29) is 5.97 Å². The van der Waals surface area contributed by atoms with Crippen molar-refractivity contribution in [1.82, 2.24) is 9.88 Å². The second-order valence-corrected chi connectivity index (χ2v) is 5.08. The Hall–Kier alpha value is -2.49. The van der Waals surface area contributed by atoms with E-state index < -0.39 is 0 Å². The molecule has 0 saturated heterocycles. The highest BCUT2D eigenvalue weighted by molar-refractivity contribution is 5.91. The quantitative estimate of drug-likeness (QED) is 0.877. The van der Waals surface area contributed by atoms with E-state index in [1.165, 1.54) is 18.1 Å². The van der Waals surface area contributed by atoms with Crippen molar-refractivity contribution in [3.05, 3.63) is 60.0 Å². The standard InChI is InChI=1S/C17H18N2O2/c1-21-17(20)14-5-4-9-19(12-14)10-8-13-11-18-16-7-3-2-6-15(13)16/h2-7,11-12,18H,8-10H2,1H3. The van der Waals surface area contributed by atoms with Gasteiger partial charge < -0.3 is 14.6 Å². The van der Waals surface area contributed by atoms with E-state index in [2.05, 4.69) is 34.3 Å². The first-order chi connectivity index (χ1) is 10.3. The highest BCUT2D eigenvalue weighted by atomic mass is 16.5. The number of fused-ring (bicyclic) bond motifs is 1. The van der Waals surface area contributed by atoms with Crippen LogP contribution in [-0.2, 0) is 16.0 Å². The van der Waals surface area contributed by atoms with Crippen molar-refractivity contribution in [2.45, 2.75) is 6.42 Å². The van der Waals surface area contributed by atoms with Crippen molar-refractivity contribution < 1.29 is 9.53 Å². The first-order valence-electron chi connectivity index (χ1n) is 7.03. The van der Waals surface area contributed by atoms with Crippen LogP contribution in [0.4, 0.5) is 0 Å². The third-order valence-corrected chi connectivity index (χ3v) is 3.72. The second kappa shape index (κ2) is 5.87. The van der Waals surface area contributed by atoms with Gasteiger partial charge in [0.15, 0.2) is 0 Å². The molecule has 4 heteroatoms. The summed E-state index contributed by atoms with van der Waals surface area (Å²) in [6.45, 7) is 1.69. The second-order valence-electron chi connectivity index (χ2n) is 5.08. The third kappa shape index (κ3) is 2.84. The van der Waals surface area contributed by atoms with Crippen LogP contribution in [0, 0.1) is 0 Å². The Balaban J connectivity index is 1.69. The normalized spacial score (nSPS) is 14.3. The molecule has 1 N–H and O–H groups in total. The van der Waals surface area contributed by atoms with Crippen LogP contribution in [0.25, 0.3) is 10.9 Å². The molecule has 3 rings (SSSR count). The zero-order chi connectivity index (χ0) is 14.7. The van der Waals surface area contributed by atoms with Gasteiger partial charge in [0.1, 0.15) is 0 Å². The van der Waals surface area contributed by atoms with E-state index in [4.69, 9.17) is 4.74 Å². The summed E-state index contributed by atoms with van der Waals surface area (Å²) < 4.78 is 4.76. The maximum Gasteiger partial charge on any atom is 0.339 e. The number of methoxy groups -OCH3 is 1. The molecule has 1 aromatic carbocycles. The molecule has 1 aromatic heterocycles. The number of H-pyrrole nitrogens is 1. The van der Waals surface area contributed by atoms with Crippen molar-refractivity contribution in [2.24, 2.45) is 0 Å². The number of aromatic nitrogens is 1. The summed E-state index contributed by atoms with van der Waals surface area (Å²) in [7, 11) is 1.40. The first kappa shape index (κ1) is 13.5. The van der Waals surface area contributed by atoms with Gasteiger partial charge in [0, 0.05) is 36.4 Å². The van der Waals surface area contributed by atoms with Crippen LogP contribution in [0.2, 0.25) is 0 Å². The Labute approximate surface area is 123 Å². The highest BCUT2D eigenvalue weighted by Crippen LogP contribution is 2.19. The summed E-state index contributed by atoms with van der Waals surface area (Å²) in [6.07, 6.45) is 8.67. The van der Waals surface area contributed by atoms with E-state index >= 15 is 0 Å². The van der Waals surface area contributed by atoms with Gasteiger partial charge >= 0.3 is 5.97 Å². The average Bonchev–Trinajstić information content (AvgIpc) is 2.95. The van der Waals surface area contributed by atoms with Crippen LogP contribution in [0.3, 0.4) is 0 Å². The summed E-state index contributed by atoms with van der Waals surface area (Å²) in [5, 5.41) is 1.27. The van der Waals surface area contributed by atoms with Crippen molar-refractivity contribution in [3.63, 3.8) is 0 Å². The number of carbonyl (C=O) groups excluding carboxylic acids is 1. The number of hydrogen-bond donors (Lipinski definition) is 1. The Morgan fingerprint density at radius 1 is 1.38 bits per heavy atom. The number of hydrogen-bond acceptors (Lipinski definition) is 3. The van der Waals surface area contributed by atoms with Gasteiger partial charge in [-0.15, -0.1) is 0 Å². The largest absolute Gasteiger partial charge is 0.465 e. The lowest BCUT2D eigenvalue weighted by Gasteiger charge is -2.22. The van der Waals surface area contributed by atoms with E-state index in [0.717, 1.165) is 25.0 Å². The molecule has 0 radical (unpaired) electrons. The van der Waals surface area contributed by atoms with Gasteiger partial charge in [0.25, 0.3) is 0 Å². The van der Waals surface area contributed by atoms with Crippen LogP contribution >= 0.6 is 0 Å². The maximum atomic E-state index is 11.5. The van der Waals surface area contributed by atoms with E-state index in [1.54, 1.807) is 0 Å². The molecule has 108 valence electrons. The van der Waals surface area contributed by atoms with Crippen molar-refractivity contribution in [1.29, 1.82) is 0 Å². The van der Waals surface area contributed by atoms with Gasteiger partial charge in [-0.25, -0.2) is 4.79 Å². The number of nitrogens with one attached hydrogen (secondary N) is 1. The number of carbonyl (C=O) groups is 1. The smallest absolute Gasteiger partial charge is 0.339 e. The fourth-order valence-electron chi connectivity index (χ4n) is 2.60. The average molecular weight is 282 g/mol. The van der Waals surface area contributed by atoms with Gasteiger partial charge in [0.05, 0.1) is 12.7 Å². The fourth-order valence-corrected chi connectivity index (χ4v) is 2.60. The lowest BCUT2D eigenvalue weighted by molar-refractivity contribution is -0.135. The molecule has 0 saturated carbocycles. The monoisotopic (exact) mass is 282 g/mol. The molecule has 4 nitrogen and oxygen atoms in total. The van der Waals surface area contributed by atoms with E-state index in [0.29, 0.717) is 5.57 Å². The highest BCUT2D eigenvalue weighted by Gasteiger charge is 2.12. The summed E-state index contributed by atoms with van der Waals surface area (Å²) >= 11 is 0. The zero-order valence-corrected chi connectivity index (χ0v) is 12.0. The molecule has 1 aliphatic rings. The van der Waals surface area contributed by atoms with Crippen LogP contribution in [0.15, 0.2) is 54.4 Å². The van der Waals surface area contributed by atoms with E-state index in [9.17, 15) is 4.79 Å². The fraction of sp³-hybridized carbons (Fsp3) is 0.235. The Morgan fingerprint density at radius 2 is 2.24 bits per heavy atom. The van der Waals surface area contributed by atoms with Crippen molar-refractivity contribution in [2.75, 3.05) is 20.2 Å². The summed E-state index contributed by atoms with van der Waals surface area (Å²) in [6, 6.07) is 8.30. The molecule has 0 unspecified atom stereocenters. The molecule has 1 aliphatic heterocycles. The molecule has 2 heterocycles. The molecular weight excluding hydrogens is 264 g/mol. The van der Waals surface area contributed by atoms with Gasteiger partial charge in [-0.2, -0.15) is 0 Å². The molecule has 0 spiro atoms. The SMILES string of the molecule is COC(=O)C1=CN(CCc2c[nH]c3ccccc23)CC=C1. The van der Waals surface area contributed by atoms with Gasteiger partial charge in [-0.05, 0) is 24.1 Å². The minimum absolute atomic E-state index is 0.289. The molecule has 0 fully saturated rings. The maximum absolute atomic E-state index is 11.5. The molecule has 2 aromatic rings. The number of rotatable bonds is 4. The number of para-hydroxylation sites is 1. The van der Waals surface area contributed by atoms with Crippen LogP contribution < -0.4 is 0 Å². The van der Waals surface area contributed by atoms with Crippen LogP contribution in [0.1, 0.15) is 5.56 Å². The zero-order valence-electron chi connectivity index (χ0n) is 12.0. The lowest BCUT2D eigenvalue weighted by Crippen LogP contribution is -2.24. The van der Waals surface area contributed by atoms with Gasteiger partial charge in [-0.3, -0.25) is 0 Å². The number of aromatic amines is 1. The van der Waals surface area contributed by atoms with E-state index in [1.807, 2.05) is 24.4 Å². The minimum atomic E-state index is -0.289. The topological polar surface area (TPSA) is 45.3 Å². The molecule has 0 aliphatic carbocycles. The number of nitrogens with zero attached hydrogens (tertiary/aromatic N) is 1. The summed E-state index contributed by atoms with van der Waals surface area (Å²) in [5.74, 6) is -0.289. The predicted octanol–water partition coefficient (Wildman–Crippen LogP) is 2.64. The first-order valence-corrected chi connectivity index (χ1v) is 7.03. The Bertz CT molecular complexity index is 712. The van der Waals surface area contributed by atoms with Crippen molar-refractivity contribution in [3.8, 4) is 0 Å². The molecule has 0 bridgehead atoms. The van der Waals surface area contributed by atoms with Crippen molar-refractivity contribution >= 4 is 16.9 Å². The Kier molecular flexibility index (Phi) is 3.77. The van der Waals surface area contributed by atoms with Gasteiger partial charge in [-0.1, -0.05) is 24.3 Å². The van der Waals surface area contributed by atoms with Crippen LogP contribution in [0.5, 0.6) is 0 Å². The minimum Gasteiger partial charge on any atom is -0.465 e. The molecule has 21 heavy (non-hydrogen) atoms. The van der Waals surface area contributed by atoms with Gasteiger partial charge in [0.2, 0.25) is 0 Å². The predicted molar refractivity (Wildman–Crippen MR) is 82.8 cm³/mol. The number of benzene rings is 1. The number of ether oxygens (including phenoxy) is 1.